The second-order valence-corrected chi connectivity index (χ2v) is 24.3. The van der Waals surface area contributed by atoms with E-state index in [0.29, 0.717) is 11.4 Å². The number of hydrogen-bond donors (Lipinski definition) is 0. The van der Waals surface area contributed by atoms with Crippen LogP contribution in [0.25, 0.3) is 11.1 Å². The molecule has 4 nitrogen and oxygen atoms in total. The monoisotopic (exact) mass is 1140 g/mol. The van der Waals surface area contributed by atoms with Crippen LogP contribution in [0.4, 0.5) is 81.4 Å². The van der Waals surface area contributed by atoms with Crippen LogP contribution >= 0.6 is 0 Å². The minimum Gasteiger partial charge on any atom is -0.310 e. The molecule has 0 fully saturated rings. The summed E-state index contributed by atoms with van der Waals surface area (Å²) < 4.78 is 47.7. The molecule has 0 spiro atoms. The highest BCUT2D eigenvalue weighted by Gasteiger charge is 2.50. The number of nitrogens with zero attached hydrogens (tertiary/aromatic N) is 4. The molecule has 12 aromatic carbocycles. The highest BCUT2D eigenvalue weighted by atomic mass is 19.4. The predicted octanol–water partition coefficient (Wildman–Crippen LogP) is 22.3. The van der Waals surface area contributed by atoms with E-state index in [4.69, 9.17) is 0 Å². The van der Waals surface area contributed by atoms with E-state index in [1.807, 2.05) is 24.3 Å². The number of para-hydroxylation sites is 8. The maximum absolute atomic E-state index is 15.9. The van der Waals surface area contributed by atoms with Crippen molar-refractivity contribution in [3.63, 3.8) is 0 Å². The molecule has 1 aliphatic carbocycles. The molecular formula is C81H59F3N4. The fraction of sp³-hybridized carbons (Fsp3) is 0.111. The molecule has 0 N–H and O–H groups in total. The van der Waals surface area contributed by atoms with E-state index in [1.54, 1.807) is 24.3 Å². The molecule has 0 bridgehead atoms. The van der Waals surface area contributed by atoms with E-state index in [2.05, 4.69) is 271 Å². The Morgan fingerprint density at radius 1 is 0.273 bits per heavy atom. The average molecular weight is 1150 g/mol. The lowest BCUT2D eigenvalue weighted by Gasteiger charge is -2.42. The van der Waals surface area contributed by atoms with E-state index in [-0.39, 0.29) is 28.9 Å². The molecule has 12 aromatic rings. The molecule has 0 aromatic heterocycles. The Hall–Kier alpha value is -10.4. The number of rotatable bonds is 6. The number of benzene rings is 12. The van der Waals surface area contributed by atoms with Crippen LogP contribution in [0.2, 0.25) is 0 Å². The molecule has 0 atom stereocenters. The lowest BCUT2D eigenvalue weighted by atomic mass is 9.67. The van der Waals surface area contributed by atoms with Gasteiger partial charge in [-0.2, -0.15) is 13.2 Å². The molecule has 424 valence electrons. The summed E-state index contributed by atoms with van der Waals surface area (Å²) in [6, 6.07) is 98.9. The van der Waals surface area contributed by atoms with E-state index < -0.39 is 17.5 Å². The minimum absolute atomic E-state index is 0.0913. The van der Waals surface area contributed by atoms with Crippen molar-refractivity contribution in [3.8, 4) is 11.1 Å². The van der Waals surface area contributed by atoms with E-state index in [0.717, 1.165) is 90.3 Å². The Morgan fingerprint density at radius 2 is 0.489 bits per heavy atom. The summed E-state index contributed by atoms with van der Waals surface area (Å²) in [5.74, 6) is -1.46. The van der Waals surface area contributed by atoms with Crippen molar-refractivity contribution in [2.24, 2.45) is 0 Å². The molecule has 4 heterocycles. The first kappa shape index (κ1) is 52.0. The van der Waals surface area contributed by atoms with Gasteiger partial charge in [0.1, 0.15) is 5.92 Å². The zero-order valence-electron chi connectivity index (χ0n) is 48.8. The van der Waals surface area contributed by atoms with Gasteiger partial charge in [-0.15, -0.1) is 0 Å². The molecular weight excluding hydrogens is 1090 g/mol. The van der Waals surface area contributed by atoms with Crippen LogP contribution in [0.5, 0.6) is 0 Å². The van der Waals surface area contributed by atoms with Gasteiger partial charge in [0, 0.05) is 74.6 Å². The third-order valence-electron chi connectivity index (χ3n) is 19.8. The minimum atomic E-state index is -4.56. The fourth-order valence-electron chi connectivity index (χ4n) is 16.0. The van der Waals surface area contributed by atoms with Crippen LogP contribution in [0.15, 0.2) is 279 Å². The number of fused-ring (bicyclic) bond motifs is 11. The van der Waals surface area contributed by atoms with Crippen molar-refractivity contribution in [3.05, 3.63) is 346 Å². The third-order valence-corrected chi connectivity index (χ3v) is 19.8. The fourth-order valence-corrected chi connectivity index (χ4v) is 16.0. The summed E-state index contributed by atoms with van der Waals surface area (Å²) in [6.07, 6.45) is -4.56. The SMILES string of the molecule is CC1c2ccccc2N(c2cc(N3c4ccccc4C(C)c4ccccc43)cc(C3(c4cc(N5c6ccccc6C(C)c6ccccc65)cc(N5c6ccccc6C(C(F)(F)F)c6ccccc65)c4)c4ccccc4-c4ccccc43)c2)c2ccccc21. The summed E-state index contributed by atoms with van der Waals surface area (Å²) >= 11 is 0. The smallest absolute Gasteiger partial charge is 0.310 e. The van der Waals surface area contributed by atoms with E-state index >= 15 is 13.2 Å². The average Bonchev–Trinajstić information content (AvgIpc) is 1.73. The molecule has 17 rings (SSSR count). The predicted molar refractivity (Wildman–Crippen MR) is 353 cm³/mol. The summed E-state index contributed by atoms with van der Waals surface area (Å²) in [7, 11) is 0. The highest BCUT2D eigenvalue weighted by Crippen LogP contribution is 2.63. The molecule has 4 aliphatic heterocycles. The molecule has 5 aliphatic rings. The molecule has 0 amide bonds. The largest absolute Gasteiger partial charge is 0.399 e. The van der Waals surface area contributed by atoms with Gasteiger partial charge in [0.05, 0.1) is 16.8 Å². The van der Waals surface area contributed by atoms with Crippen LogP contribution in [-0.2, 0) is 5.41 Å². The van der Waals surface area contributed by atoms with Crippen molar-refractivity contribution in [1.29, 1.82) is 0 Å². The molecule has 0 saturated heterocycles. The molecule has 0 saturated carbocycles. The standard InChI is InChI=1S/C81H59F3N4/c1-50-59-24-6-16-36-71(59)85(72-37-17-7-25-60(50)72)55-44-53(45-56(48-55)86-73-38-18-8-26-61(73)51(2)62-27-9-19-39-74(62)86)80(69-34-14-4-30-65(69)66-31-5-15-35-70(66)80)54-46-57(87-75-40-20-10-28-63(75)52(3)64-29-11-21-41-76(64)87)49-58(47-54)88-77-42-22-12-32-67(77)79(81(82,83)84)68-33-13-23-43-78(68)88/h4-52,79H,1-3H3. The maximum Gasteiger partial charge on any atom is 0.399 e. The second kappa shape index (κ2) is 19.6. The number of hydrogen-bond acceptors (Lipinski definition) is 4. The van der Waals surface area contributed by atoms with Gasteiger partial charge in [-0.25, -0.2) is 0 Å². The van der Waals surface area contributed by atoms with Crippen molar-refractivity contribution >= 4 is 68.2 Å². The third kappa shape index (κ3) is 7.46. The topological polar surface area (TPSA) is 13.0 Å². The first-order chi connectivity index (χ1) is 43.1. The van der Waals surface area contributed by atoms with Crippen molar-refractivity contribution in [1.82, 2.24) is 0 Å². The zero-order valence-corrected chi connectivity index (χ0v) is 48.8. The molecule has 0 unspecified atom stereocenters. The van der Waals surface area contributed by atoms with Crippen LogP contribution in [0.3, 0.4) is 0 Å². The van der Waals surface area contributed by atoms with Gasteiger partial charge in [-0.3, -0.25) is 0 Å². The number of alkyl halides is 3. The number of halogens is 3. The summed E-state index contributed by atoms with van der Waals surface area (Å²) in [6.45, 7) is 6.91. The van der Waals surface area contributed by atoms with Gasteiger partial charge in [-0.05, 0) is 163 Å². The van der Waals surface area contributed by atoms with Crippen LogP contribution in [0, 0.1) is 0 Å². The Balaban J connectivity index is 1.03. The highest BCUT2D eigenvalue weighted by molar-refractivity contribution is 5.96. The van der Waals surface area contributed by atoms with Crippen molar-refractivity contribution < 1.29 is 13.2 Å². The molecule has 7 heteroatoms. The van der Waals surface area contributed by atoms with Crippen molar-refractivity contribution in [2.75, 3.05) is 19.6 Å². The second-order valence-electron chi connectivity index (χ2n) is 24.3. The van der Waals surface area contributed by atoms with Gasteiger partial charge in [0.25, 0.3) is 0 Å². The van der Waals surface area contributed by atoms with E-state index in [9.17, 15) is 0 Å². The lowest BCUT2D eigenvalue weighted by Crippen LogP contribution is -2.32. The quantitative estimate of drug-likeness (QED) is 0.164. The van der Waals surface area contributed by atoms with Gasteiger partial charge >= 0.3 is 6.18 Å². The number of anilines is 12. The first-order valence-corrected chi connectivity index (χ1v) is 30.6. The van der Waals surface area contributed by atoms with Crippen LogP contribution < -0.4 is 19.6 Å². The summed E-state index contributed by atoms with van der Waals surface area (Å²) in [5, 5.41) is 0. The van der Waals surface area contributed by atoms with Crippen LogP contribution in [-0.4, -0.2) is 6.18 Å². The Kier molecular flexibility index (Phi) is 11.6. The Bertz CT molecular complexity index is 4470. The zero-order chi connectivity index (χ0) is 59.2. The van der Waals surface area contributed by atoms with Gasteiger partial charge < -0.3 is 19.6 Å². The van der Waals surface area contributed by atoms with Crippen LogP contribution in [0.1, 0.15) is 111 Å². The lowest BCUT2D eigenvalue weighted by molar-refractivity contribution is -0.141. The first-order valence-electron chi connectivity index (χ1n) is 30.6. The van der Waals surface area contributed by atoms with Gasteiger partial charge in [-0.1, -0.05) is 215 Å². The van der Waals surface area contributed by atoms with Gasteiger partial charge in [0.15, 0.2) is 0 Å². The van der Waals surface area contributed by atoms with E-state index in [1.165, 1.54) is 33.4 Å². The molecule has 0 radical (unpaired) electrons. The Labute approximate surface area is 511 Å². The summed E-state index contributed by atoms with van der Waals surface area (Å²) in [4.78, 5) is 9.45. The molecule has 88 heavy (non-hydrogen) atoms. The Morgan fingerprint density at radius 3 is 0.750 bits per heavy atom. The maximum atomic E-state index is 15.9. The summed E-state index contributed by atoms with van der Waals surface area (Å²) in [5.41, 5.74) is 24.3. The van der Waals surface area contributed by atoms with Crippen molar-refractivity contribution in [2.45, 2.75) is 56.0 Å². The van der Waals surface area contributed by atoms with Gasteiger partial charge in [0.2, 0.25) is 0 Å². The normalized spacial score (nSPS) is 15.4.